The SMILES string of the molecule is NS(=O)(=O)c1ccc(F)c(NS(=O)(=O)c2ccn[nH]2)c1. The van der Waals surface area contributed by atoms with Gasteiger partial charge >= 0.3 is 0 Å². The first-order valence-corrected chi connectivity index (χ1v) is 8.08. The van der Waals surface area contributed by atoms with Gasteiger partial charge in [-0.1, -0.05) is 0 Å². The quantitative estimate of drug-likeness (QED) is 0.728. The van der Waals surface area contributed by atoms with Crippen LogP contribution in [0.2, 0.25) is 0 Å². The molecule has 1 heterocycles. The van der Waals surface area contributed by atoms with Gasteiger partial charge in [0, 0.05) is 0 Å². The Morgan fingerprint density at radius 1 is 1.20 bits per heavy atom. The number of hydrogen-bond donors (Lipinski definition) is 3. The van der Waals surface area contributed by atoms with Crippen LogP contribution in [0.4, 0.5) is 10.1 Å². The van der Waals surface area contributed by atoms with Crippen LogP contribution in [0.25, 0.3) is 0 Å². The molecule has 0 saturated heterocycles. The van der Waals surface area contributed by atoms with Crippen molar-refractivity contribution in [2.24, 2.45) is 5.14 Å². The number of nitrogens with zero attached hydrogens (tertiary/aromatic N) is 1. The van der Waals surface area contributed by atoms with Crippen molar-refractivity contribution in [3.05, 3.63) is 36.3 Å². The minimum Gasteiger partial charge on any atom is -0.275 e. The molecule has 0 fully saturated rings. The van der Waals surface area contributed by atoms with Gasteiger partial charge in [-0.3, -0.25) is 9.82 Å². The van der Waals surface area contributed by atoms with Gasteiger partial charge in [0.25, 0.3) is 10.0 Å². The smallest absolute Gasteiger partial charge is 0.275 e. The van der Waals surface area contributed by atoms with Crippen LogP contribution >= 0.6 is 0 Å². The molecule has 0 unspecified atom stereocenters. The third-order valence-electron chi connectivity index (χ3n) is 2.28. The summed E-state index contributed by atoms with van der Waals surface area (Å²) in [6.07, 6.45) is 1.20. The van der Waals surface area contributed by atoms with E-state index in [1.807, 2.05) is 4.72 Å². The van der Waals surface area contributed by atoms with Crippen LogP contribution in [0.3, 0.4) is 0 Å². The lowest BCUT2D eigenvalue weighted by atomic mass is 10.3. The van der Waals surface area contributed by atoms with Crippen molar-refractivity contribution < 1.29 is 21.2 Å². The van der Waals surface area contributed by atoms with E-state index in [1.165, 1.54) is 6.20 Å². The van der Waals surface area contributed by atoms with Crippen molar-refractivity contribution in [1.29, 1.82) is 0 Å². The fourth-order valence-electron chi connectivity index (χ4n) is 1.35. The lowest BCUT2D eigenvalue weighted by Gasteiger charge is -2.08. The number of aromatic amines is 1. The highest BCUT2D eigenvalue weighted by Crippen LogP contribution is 2.21. The number of rotatable bonds is 4. The van der Waals surface area contributed by atoms with Crippen LogP contribution in [0, 0.1) is 5.82 Å². The Balaban J connectivity index is 2.44. The predicted molar refractivity (Wildman–Crippen MR) is 67.2 cm³/mol. The van der Waals surface area contributed by atoms with E-state index in [9.17, 15) is 21.2 Å². The maximum atomic E-state index is 13.5. The molecule has 20 heavy (non-hydrogen) atoms. The van der Waals surface area contributed by atoms with Crippen molar-refractivity contribution in [2.45, 2.75) is 9.92 Å². The first-order valence-electron chi connectivity index (χ1n) is 5.05. The zero-order chi connectivity index (χ0) is 15.0. The zero-order valence-corrected chi connectivity index (χ0v) is 11.4. The molecule has 1 aromatic heterocycles. The molecule has 2 rings (SSSR count). The number of anilines is 1. The summed E-state index contributed by atoms with van der Waals surface area (Å²) in [6.45, 7) is 0. The van der Waals surface area contributed by atoms with Crippen molar-refractivity contribution in [3.8, 4) is 0 Å². The van der Waals surface area contributed by atoms with E-state index in [2.05, 4.69) is 10.2 Å². The minimum atomic E-state index is -4.10. The second-order valence-electron chi connectivity index (χ2n) is 3.71. The summed E-state index contributed by atoms with van der Waals surface area (Å²) in [6, 6.07) is 3.67. The predicted octanol–water partition coefficient (Wildman–Crippen LogP) is -0.00300. The summed E-state index contributed by atoms with van der Waals surface area (Å²) in [7, 11) is -8.17. The summed E-state index contributed by atoms with van der Waals surface area (Å²) < 4.78 is 61.4. The maximum absolute atomic E-state index is 13.5. The van der Waals surface area contributed by atoms with Gasteiger partial charge in [0.2, 0.25) is 10.0 Å². The molecule has 0 radical (unpaired) electrons. The van der Waals surface area contributed by atoms with Crippen molar-refractivity contribution >= 4 is 25.7 Å². The van der Waals surface area contributed by atoms with E-state index in [1.54, 1.807) is 0 Å². The molecule has 2 aromatic rings. The van der Waals surface area contributed by atoms with Crippen molar-refractivity contribution in [2.75, 3.05) is 4.72 Å². The second-order valence-corrected chi connectivity index (χ2v) is 6.93. The number of halogens is 1. The molecule has 0 aliphatic heterocycles. The van der Waals surface area contributed by atoms with E-state index >= 15 is 0 Å². The number of nitrogens with one attached hydrogen (secondary N) is 2. The molecule has 1 aromatic carbocycles. The molecule has 108 valence electrons. The van der Waals surface area contributed by atoms with Crippen LogP contribution < -0.4 is 9.86 Å². The molecular formula is C9H9FN4O4S2. The first-order chi connectivity index (χ1) is 9.20. The summed E-state index contributed by atoms with van der Waals surface area (Å²) in [5, 5.41) is 10.2. The van der Waals surface area contributed by atoms with Crippen LogP contribution in [0.5, 0.6) is 0 Å². The summed E-state index contributed by atoms with van der Waals surface area (Å²) in [5.74, 6) is -0.944. The van der Waals surface area contributed by atoms with Gasteiger partial charge in [0.15, 0.2) is 5.03 Å². The van der Waals surface area contributed by atoms with Crippen LogP contribution in [-0.4, -0.2) is 27.0 Å². The molecule has 0 atom stereocenters. The topological polar surface area (TPSA) is 135 Å². The lowest BCUT2D eigenvalue weighted by Crippen LogP contribution is -2.16. The second kappa shape index (κ2) is 4.85. The van der Waals surface area contributed by atoms with Gasteiger partial charge < -0.3 is 0 Å². The van der Waals surface area contributed by atoms with Crippen LogP contribution in [0.15, 0.2) is 40.4 Å². The van der Waals surface area contributed by atoms with E-state index in [0.29, 0.717) is 0 Å². The van der Waals surface area contributed by atoms with Crippen LogP contribution in [-0.2, 0) is 20.0 Å². The van der Waals surface area contributed by atoms with Crippen molar-refractivity contribution in [1.82, 2.24) is 10.2 Å². The Bertz CT molecular complexity index is 831. The fraction of sp³-hybridized carbons (Fsp3) is 0. The average Bonchev–Trinajstić information content (AvgIpc) is 2.84. The molecule has 0 aliphatic rings. The van der Waals surface area contributed by atoms with Crippen molar-refractivity contribution in [3.63, 3.8) is 0 Å². The van der Waals surface area contributed by atoms with Gasteiger partial charge in [-0.15, -0.1) is 0 Å². The highest BCUT2D eigenvalue weighted by molar-refractivity contribution is 7.92. The highest BCUT2D eigenvalue weighted by atomic mass is 32.2. The highest BCUT2D eigenvalue weighted by Gasteiger charge is 2.19. The Labute approximate surface area is 113 Å². The molecule has 8 nitrogen and oxygen atoms in total. The molecule has 11 heteroatoms. The third-order valence-corrected chi connectivity index (χ3v) is 4.48. The van der Waals surface area contributed by atoms with Gasteiger partial charge in [-0.05, 0) is 24.3 Å². The third kappa shape index (κ3) is 2.95. The van der Waals surface area contributed by atoms with Gasteiger partial charge in [0.05, 0.1) is 16.8 Å². The Morgan fingerprint density at radius 2 is 1.90 bits per heavy atom. The zero-order valence-electron chi connectivity index (χ0n) is 9.74. The molecule has 0 saturated carbocycles. The van der Waals surface area contributed by atoms with E-state index in [4.69, 9.17) is 5.14 Å². The standard InChI is InChI=1S/C9H9FN4O4S2/c10-7-2-1-6(19(11,15)16)5-8(7)14-20(17,18)9-3-4-12-13-9/h1-5,14H,(H,12,13)(H2,11,15,16). The molecule has 0 bridgehead atoms. The van der Waals surface area contributed by atoms with Gasteiger partial charge in [0.1, 0.15) is 5.82 Å². The number of aromatic nitrogens is 2. The Hall–Kier alpha value is -1.98. The number of H-pyrrole nitrogens is 1. The molecular weight excluding hydrogens is 311 g/mol. The molecule has 4 N–H and O–H groups in total. The molecule has 0 amide bonds. The largest absolute Gasteiger partial charge is 0.278 e. The van der Waals surface area contributed by atoms with Crippen LogP contribution in [0.1, 0.15) is 0 Å². The minimum absolute atomic E-state index is 0.294. The molecule has 0 aliphatic carbocycles. The van der Waals surface area contributed by atoms with E-state index in [-0.39, 0.29) is 5.03 Å². The number of hydrogen-bond acceptors (Lipinski definition) is 5. The summed E-state index contributed by atoms with van der Waals surface area (Å²) >= 11 is 0. The lowest BCUT2D eigenvalue weighted by molar-refractivity contribution is 0.591. The number of sulfonamides is 2. The Kier molecular flexibility index (Phi) is 3.50. The summed E-state index contributed by atoms with van der Waals surface area (Å²) in [5.41, 5.74) is -0.536. The Morgan fingerprint density at radius 3 is 2.45 bits per heavy atom. The van der Waals surface area contributed by atoms with E-state index in [0.717, 1.165) is 24.3 Å². The number of nitrogens with two attached hydrogens (primary N) is 1. The average molecular weight is 320 g/mol. The number of benzene rings is 1. The monoisotopic (exact) mass is 320 g/mol. The fourth-order valence-corrected chi connectivity index (χ4v) is 2.86. The maximum Gasteiger partial charge on any atom is 0.278 e. The van der Waals surface area contributed by atoms with Gasteiger partial charge in [-0.2, -0.15) is 13.5 Å². The molecule has 0 spiro atoms. The first kappa shape index (κ1) is 14.4. The normalized spacial score (nSPS) is 12.3. The number of primary sulfonamides is 1. The van der Waals surface area contributed by atoms with E-state index < -0.39 is 36.4 Å². The van der Waals surface area contributed by atoms with Gasteiger partial charge in [-0.25, -0.2) is 17.9 Å². The summed E-state index contributed by atoms with van der Waals surface area (Å²) in [4.78, 5) is -0.416.